The molecule has 4 aromatic rings. The summed E-state index contributed by atoms with van der Waals surface area (Å²) in [5.41, 5.74) is 2.71. The van der Waals surface area contributed by atoms with Gasteiger partial charge in [-0.3, -0.25) is 4.79 Å². The maximum Gasteiger partial charge on any atom is 0.251 e. The van der Waals surface area contributed by atoms with Crippen LogP contribution in [0, 0.1) is 0 Å². The van der Waals surface area contributed by atoms with Gasteiger partial charge in [0, 0.05) is 24.3 Å². The van der Waals surface area contributed by atoms with Gasteiger partial charge in [0.25, 0.3) is 5.91 Å². The quantitative estimate of drug-likeness (QED) is 0.229. The molecule has 194 valence electrons. The minimum atomic E-state index is -1.01. The van der Waals surface area contributed by atoms with Crippen LogP contribution in [0.4, 0.5) is 11.6 Å². The second-order valence-corrected chi connectivity index (χ2v) is 8.53. The van der Waals surface area contributed by atoms with Crippen molar-refractivity contribution in [1.82, 2.24) is 35.2 Å². The van der Waals surface area contributed by atoms with Gasteiger partial charge in [-0.15, -0.1) is 5.10 Å². The second-order valence-electron chi connectivity index (χ2n) is 8.53. The van der Waals surface area contributed by atoms with Crippen LogP contribution in [0.1, 0.15) is 41.9 Å². The molecule has 0 aliphatic rings. The van der Waals surface area contributed by atoms with Crippen molar-refractivity contribution in [2.45, 2.75) is 26.0 Å². The number of fused-ring (bicyclic) bond motifs is 1. The third-order valence-electron chi connectivity index (χ3n) is 6.23. The van der Waals surface area contributed by atoms with E-state index in [9.17, 15) is 15.0 Å². The van der Waals surface area contributed by atoms with Crippen molar-refractivity contribution in [3.05, 3.63) is 71.9 Å². The number of hydrogen-bond donors (Lipinski definition) is 4. The molecule has 0 aliphatic carbocycles. The van der Waals surface area contributed by atoms with Crippen LogP contribution in [-0.4, -0.2) is 78.8 Å². The lowest BCUT2D eigenvalue weighted by Gasteiger charge is -2.21. The minimum Gasteiger partial charge on any atom is -0.394 e. The highest BCUT2D eigenvalue weighted by Crippen LogP contribution is 2.27. The van der Waals surface area contributed by atoms with Crippen LogP contribution < -0.4 is 10.6 Å². The van der Waals surface area contributed by atoms with Gasteiger partial charge in [0.15, 0.2) is 11.2 Å². The number of rotatable bonds is 12. The van der Waals surface area contributed by atoms with Crippen molar-refractivity contribution in [3.63, 3.8) is 0 Å². The topological polar surface area (TPSA) is 141 Å². The number of hydrogen-bond acceptors (Lipinski definition) is 9. The number of carbonyl (C=O) groups excluding carboxylic acids is 1. The molecular formula is C26H32N8O3. The first-order chi connectivity index (χ1) is 18.0. The number of aliphatic hydroxyl groups excluding tert-OH is 2. The summed E-state index contributed by atoms with van der Waals surface area (Å²) in [6, 6.07) is 15.3. The Kier molecular flexibility index (Phi) is 8.72. The Labute approximate surface area is 215 Å². The Morgan fingerprint density at radius 2 is 1.81 bits per heavy atom. The van der Waals surface area contributed by atoms with E-state index in [2.05, 4.69) is 49.7 Å². The lowest BCUT2D eigenvalue weighted by molar-refractivity contribution is 0.0673. The predicted octanol–water partition coefficient (Wildman–Crippen LogP) is 2.30. The number of aliphatic hydroxyl groups is 2. The molecule has 11 heteroatoms. The van der Waals surface area contributed by atoms with Crippen molar-refractivity contribution in [1.29, 1.82) is 0 Å². The number of anilines is 2. The number of carbonyl (C=O) groups is 1. The summed E-state index contributed by atoms with van der Waals surface area (Å²) in [5, 5.41) is 35.1. The highest BCUT2D eigenvalue weighted by atomic mass is 16.3. The molecule has 37 heavy (non-hydrogen) atoms. The van der Waals surface area contributed by atoms with Gasteiger partial charge in [-0.2, -0.15) is 4.98 Å². The number of benzene rings is 2. The van der Waals surface area contributed by atoms with Gasteiger partial charge < -0.3 is 25.7 Å². The molecule has 2 unspecified atom stereocenters. The van der Waals surface area contributed by atoms with E-state index >= 15 is 0 Å². The lowest BCUT2D eigenvalue weighted by atomic mass is 10.0. The zero-order chi connectivity index (χ0) is 26.2. The zero-order valence-electron chi connectivity index (χ0n) is 20.9. The molecule has 1 amide bonds. The van der Waals surface area contributed by atoms with E-state index in [1.807, 2.05) is 18.2 Å². The fourth-order valence-electron chi connectivity index (χ4n) is 4.01. The predicted molar refractivity (Wildman–Crippen MR) is 140 cm³/mol. The van der Waals surface area contributed by atoms with Crippen molar-refractivity contribution in [3.8, 4) is 0 Å². The fraction of sp³-hybridized carbons (Fsp3) is 0.346. The Hall–Kier alpha value is -3.93. The first-order valence-corrected chi connectivity index (χ1v) is 12.3. The molecule has 2 aromatic heterocycles. The van der Waals surface area contributed by atoms with Crippen LogP contribution in [-0.2, 0) is 0 Å². The molecule has 0 aliphatic heterocycles. The van der Waals surface area contributed by atoms with E-state index < -0.39 is 12.1 Å². The van der Waals surface area contributed by atoms with Gasteiger partial charge in [-0.05, 0) is 42.9 Å². The summed E-state index contributed by atoms with van der Waals surface area (Å²) in [6.07, 6.45) is 0.517. The van der Waals surface area contributed by atoms with Gasteiger partial charge in [0.2, 0.25) is 5.95 Å². The van der Waals surface area contributed by atoms with Crippen LogP contribution in [0.3, 0.4) is 0 Å². The molecule has 4 N–H and O–H groups in total. The van der Waals surface area contributed by atoms with E-state index in [0.717, 1.165) is 19.6 Å². The average Bonchev–Trinajstić information content (AvgIpc) is 3.35. The van der Waals surface area contributed by atoms with Gasteiger partial charge in [-0.1, -0.05) is 49.4 Å². The van der Waals surface area contributed by atoms with E-state index in [4.69, 9.17) is 0 Å². The van der Waals surface area contributed by atoms with Crippen LogP contribution in [0.25, 0.3) is 11.2 Å². The molecule has 0 fully saturated rings. The minimum absolute atomic E-state index is 0.127. The largest absolute Gasteiger partial charge is 0.394 e. The van der Waals surface area contributed by atoms with Crippen molar-refractivity contribution < 1.29 is 15.0 Å². The second kappa shape index (κ2) is 12.3. The van der Waals surface area contributed by atoms with Crippen LogP contribution in [0.15, 0.2) is 60.8 Å². The molecule has 2 atom stereocenters. The Morgan fingerprint density at radius 3 is 2.49 bits per heavy atom. The number of amides is 1. The number of likely N-dealkylation sites (N-methyl/N-ethyl adjacent to an activating group) is 1. The molecular weight excluding hydrogens is 472 g/mol. The molecule has 0 radical (unpaired) electrons. The maximum absolute atomic E-state index is 12.4. The molecule has 0 spiro atoms. The summed E-state index contributed by atoms with van der Waals surface area (Å²) in [7, 11) is 0. The highest BCUT2D eigenvalue weighted by Gasteiger charge is 2.26. The first-order valence-electron chi connectivity index (χ1n) is 12.3. The first kappa shape index (κ1) is 26.1. The summed E-state index contributed by atoms with van der Waals surface area (Å²) in [5.74, 6) is 0.164. The number of nitrogens with one attached hydrogen (secondary N) is 2. The van der Waals surface area contributed by atoms with Gasteiger partial charge >= 0.3 is 0 Å². The summed E-state index contributed by atoms with van der Waals surface area (Å²) < 4.78 is 1.41. The van der Waals surface area contributed by atoms with E-state index in [0.29, 0.717) is 40.5 Å². The average molecular weight is 505 g/mol. The van der Waals surface area contributed by atoms with Gasteiger partial charge in [0.05, 0.1) is 12.8 Å². The molecule has 2 aromatic carbocycles. The molecule has 11 nitrogen and oxygen atoms in total. The third-order valence-corrected chi connectivity index (χ3v) is 6.23. The molecule has 0 saturated carbocycles. The van der Waals surface area contributed by atoms with E-state index in [1.54, 1.807) is 36.4 Å². The highest BCUT2D eigenvalue weighted by molar-refractivity contribution is 5.94. The van der Waals surface area contributed by atoms with Crippen molar-refractivity contribution in [2.24, 2.45) is 0 Å². The number of aromatic nitrogens is 5. The van der Waals surface area contributed by atoms with Crippen LogP contribution >= 0.6 is 0 Å². The Balaban J connectivity index is 1.45. The third kappa shape index (κ3) is 6.26. The standard InChI is InChI=1S/C26H32N8O3/c1-3-33(4-2)15-14-27-25(37)19-10-12-20(13-11-19)29-26-28-16-21-24(30-26)34(32-31-21)22(17-35)23(36)18-8-6-5-7-9-18/h5-13,16,22-23,35-36H,3-4,14-15,17H2,1-2H3,(H,27,37)(H,28,29,30). The van der Waals surface area contributed by atoms with Crippen LogP contribution in [0.2, 0.25) is 0 Å². The molecule has 4 rings (SSSR count). The lowest BCUT2D eigenvalue weighted by Crippen LogP contribution is -2.34. The summed E-state index contributed by atoms with van der Waals surface area (Å²) in [6.45, 7) is 7.13. The van der Waals surface area contributed by atoms with Crippen LogP contribution in [0.5, 0.6) is 0 Å². The molecule has 0 bridgehead atoms. The smallest absolute Gasteiger partial charge is 0.251 e. The normalized spacial score (nSPS) is 13.0. The Morgan fingerprint density at radius 1 is 1.08 bits per heavy atom. The summed E-state index contributed by atoms with van der Waals surface area (Å²) >= 11 is 0. The summed E-state index contributed by atoms with van der Waals surface area (Å²) in [4.78, 5) is 23.5. The van der Waals surface area contributed by atoms with E-state index in [-0.39, 0.29) is 12.5 Å². The number of nitrogens with zero attached hydrogens (tertiary/aromatic N) is 6. The van der Waals surface area contributed by atoms with Gasteiger partial charge in [0.1, 0.15) is 12.1 Å². The fourth-order valence-corrected chi connectivity index (χ4v) is 4.01. The molecule has 2 heterocycles. The Bertz CT molecular complexity index is 1290. The van der Waals surface area contributed by atoms with Crippen molar-refractivity contribution >= 4 is 28.7 Å². The zero-order valence-corrected chi connectivity index (χ0v) is 20.9. The SMILES string of the molecule is CCN(CC)CCNC(=O)c1ccc(Nc2ncc3nnn(C(CO)C(O)c4ccccc4)c3n2)cc1. The maximum atomic E-state index is 12.4. The van der Waals surface area contributed by atoms with Crippen molar-refractivity contribution in [2.75, 3.05) is 38.1 Å². The van der Waals surface area contributed by atoms with E-state index in [1.165, 1.54) is 10.9 Å². The monoisotopic (exact) mass is 504 g/mol. The van der Waals surface area contributed by atoms with Gasteiger partial charge in [-0.25, -0.2) is 9.67 Å². The molecule has 0 saturated heterocycles.